The summed E-state index contributed by atoms with van der Waals surface area (Å²) >= 11 is 0. The van der Waals surface area contributed by atoms with E-state index in [1.807, 2.05) is 0 Å². The second-order valence-corrected chi connectivity index (χ2v) is 2.82. The van der Waals surface area contributed by atoms with E-state index in [9.17, 15) is 0 Å². The van der Waals surface area contributed by atoms with Crippen molar-refractivity contribution in [2.24, 2.45) is 5.73 Å². The molecule has 2 heteroatoms. The van der Waals surface area contributed by atoms with Crippen LogP contribution in [0.2, 0.25) is 0 Å². The Kier molecular flexibility index (Phi) is 1.29. The van der Waals surface area contributed by atoms with Crippen molar-refractivity contribution >= 4 is 0 Å². The zero-order valence-corrected chi connectivity index (χ0v) is 5.65. The molecular formula is C6H14N2. The fourth-order valence-electron chi connectivity index (χ4n) is 0.978. The van der Waals surface area contributed by atoms with Gasteiger partial charge in [0.2, 0.25) is 0 Å². The Balaban J connectivity index is 2.41. The summed E-state index contributed by atoms with van der Waals surface area (Å²) in [4.78, 5) is 2.23. The van der Waals surface area contributed by atoms with Crippen molar-refractivity contribution in [3.63, 3.8) is 0 Å². The van der Waals surface area contributed by atoms with Gasteiger partial charge >= 0.3 is 0 Å². The van der Waals surface area contributed by atoms with Gasteiger partial charge in [-0.25, -0.2) is 0 Å². The van der Waals surface area contributed by atoms with E-state index in [0.29, 0.717) is 5.54 Å². The van der Waals surface area contributed by atoms with E-state index >= 15 is 0 Å². The van der Waals surface area contributed by atoms with Crippen LogP contribution in [-0.4, -0.2) is 31.1 Å². The van der Waals surface area contributed by atoms with Crippen LogP contribution in [0.25, 0.3) is 0 Å². The summed E-state index contributed by atoms with van der Waals surface area (Å²) in [6.45, 7) is 0.819. The first-order valence-electron chi connectivity index (χ1n) is 3.09. The van der Waals surface area contributed by atoms with Gasteiger partial charge in [0.1, 0.15) is 0 Å². The van der Waals surface area contributed by atoms with Gasteiger partial charge < -0.3 is 10.6 Å². The number of nitrogens with zero attached hydrogens (tertiary/aromatic N) is 1. The SMILES string of the molecule is CN(C)C1(CN)CC1. The Hall–Kier alpha value is -0.0800. The Labute approximate surface area is 50.7 Å². The average Bonchev–Trinajstić information content (AvgIpc) is 2.44. The fourth-order valence-corrected chi connectivity index (χ4v) is 0.978. The number of hydrogen-bond donors (Lipinski definition) is 1. The van der Waals surface area contributed by atoms with Crippen LogP contribution >= 0.6 is 0 Å². The van der Waals surface area contributed by atoms with Crippen LogP contribution in [0.1, 0.15) is 12.8 Å². The Morgan fingerprint density at radius 2 is 2.00 bits per heavy atom. The minimum Gasteiger partial charge on any atom is -0.329 e. The molecule has 0 amide bonds. The molecule has 0 saturated heterocycles. The molecule has 1 fully saturated rings. The summed E-state index contributed by atoms with van der Waals surface area (Å²) in [5.74, 6) is 0. The van der Waals surface area contributed by atoms with Gasteiger partial charge in [-0.05, 0) is 26.9 Å². The van der Waals surface area contributed by atoms with Crippen LogP contribution < -0.4 is 5.73 Å². The summed E-state index contributed by atoms with van der Waals surface area (Å²) in [7, 11) is 4.19. The largest absolute Gasteiger partial charge is 0.329 e. The molecule has 0 atom stereocenters. The van der Waals surface area contributed by atoms with Crippen molar-refractivity contribution in [3.05, 3.63) is 0 Å². The first-order valence-corrected chi connectivity index (χ1v) is 3.09. The molecular weight excluding hydrogens is 100 g/mol. The maximum atomic E-state index is 5.53. The van der Waals surface area contributed by atoms with E-state index in [-0.39, 0.29) is 0 Å². The standard InChI is InChI=1S/C6H14N2/c1-8(2)6(5-7)3-4-6/h3-5,7H2,1-2H3. The van der Waals surface area contributed by atoms with Crippen molar-refractivity contribution in [3.8, 4) is 0 Å². The van der Waals surface area contributed by atoms with Crippen LogP contribution in [0.3, 0.4) is 0 Å². The van der Waals surface area contributed by atoms with Gasteiger partial charge in [0.05, 0.1) is 0 Å². The minimum absolute atomic E-state index is 0.403. The second kappa shape index (κ2) is 1.71. The number of likely N-dealkylation sites (N-methyl/N-ethyl adjacent to an activating group) is 1. The molecule has 0 aliphatic heterocycles. The third-order valence-electron chi connectivity index (χ3n) is 2.16. The molecule has 8 heavy (non-hydrogen) atoms. The van der Waals surface area contributed by atoms with E-state index in [4.69, 9.17) is 5.73 Å². The molecule has 1 aliphatic carbocycles. The zero-order valence-electron chi connectivity index (χ0n) is 5.65. The average molecular weight is 114 g/mol. The van der Waals surface area contributed by atoms with Crippen LogP contribution in [0.15, 0.2) is 0 Å². The van der Waals surface area contributed by atoms with Gasteiger partial charge in [-0.2, -0.15) is 0 Å². The van der Waals surface area contributed by atoms with Crippen molar-refractivity contribution in [1.82, 2.24) is 4.90 Å². The topological polar surface area (TPSA) is 29.3 Å². The zero-order chi connectivity index (χ0) is 6.20. The fraction of sp³-hybridized carbons (Fsp3) is 1.00. The van der Waals surface area contributed by atoms with E-state index in [1.54, 1.807) is 0 Å². The smallest absolute Gasteiger partial charge is 0.0327 e. The van der Waals surface area contributed by atoms with Crippen molar-refractivity contribution < 1.29 is 0 Å². The summed E-state index contributed by atoms with van der Waals surface area (Å²) in [6, 6.07) is 0. The molecule has 1 saturated carbocycles. The Morgan fingerprint density at radius 1 is 1.50 bits per heavy atom. The van der Waals surface area contributed by atoms with Crippen LogP contribution in [0.5, 0.6) is 0 Å². The summed E-state index contributed by atoms with van der Waals surface area (Å²) in [6.07, 6.45) is 2.58. The molecule has 0 unspecified atom stereocenters. The van der Waals surface area contributed by atoms with Crippen molar-refractivity contribution in [2.75, 3.05) is 20.6 Å². The van der Waals surface area contributed by atoms with E-state index < -0.39 is 0 Å². The highest BCUT2D eigenvalue weighted by molar-refractivity contribution is 5.02. The maximum Gasteiger partial charge on any atom is 0.0327 e. The molecule has 0 radical (unpaired) electrons. The molecule has 0 aromatic rings. The molecule has 0 bridgehead atoms. The summed E-state index contributed by atoms with van der Waals surface area (Å²) in [5, 5.41) is 0. The molecule has 0 spiro atoms. The predicted molar refractivity (Wildman–Crippen MR) is 34.7 cm³/mol. The lowest BCUT2D eigenvalue weighted by molar-refractivity contribution is 0.278. The quantitative estimate of drug-likeness (QED) is 0.549. The van der Waals surface area contributed by atoms with Crippen LogP contribution in [0, 0.1) is 0 Å². The molecule has 0 aromatic heterocycles. The van der Waals surface area contributed by atoms with Crippen LogP contribution in [0.4, 0.5) is 0 Å². The summed E-state index contributed by atoms with van der Waals surface area (Å²) in [5.41, 5.74) is 5.93. The Bertz CT molecular complexity index is 84.5. The lowest BCUT2D eigenvalue weighted by atomic mass is 10.2. The molecule has 0 heterocycles. The number of hydrogen-bond acceptors (Lipinski definition) is 2. The highest BCUT2D eigenvalue weighted by Gasteiger charge is 2.42. The predicted octanol–water partition coefficient (Wildman–Crippen LogP) is 0.0393. The van der Waals surface area contributed by atoms with Gasteiger partial charge in [0.15, 0.2) is 0 Å². The molecule has 0 aromatic carbocycles. The number of nitrogens with two attached hydrogens (primary N) is 1. The van der Waals surface area contributed by atoms with E-state index in [1.165, 1.54) is 12.8 Å². The van der Waals surface area contributed by atoms with Crippen molar-refractivity contribution in [2.45, 2.75) is 18.4 Å². The summed E-state index contributed by atoms with van der Waals surface area (Å²) < 4.78 is 0. The lowest BCUT2D eigenvalue weighted by Gasteiger charge is -2.20. The highest BCUT2D eigenvalue weighted by Crippen LogP contribution is 2.38. The minimum atomic E-state index is 0.403. The van der Waals surface area contributed by atoms with Gasteiger partial charge in [0, 0.05) is 12.1 Å². The van der Waals surface area contributed by atoms with Gasteiger partial charge in [-0.3, -0.25) is 0 Å². The normalized spacial score (nSPS) is 24.0. The van der Waals surface area contributed by atoms with Crippen molar-refractivity contribution in [1.29, 1.82) is 0 Å². The third kappa shape index (κ3) is 0.740. The van der Waals surface area contributed by atoms with E-state index in [0.717, 1.165) is 6.54 Å². The van der Waals surface area contributed by atoms with Gasteiger partial charge in [0.25, 0.3) is 0 Å². The van der Waals surface area contributed by atoms with Crippen LogP contribution in [-0.2, 0) is 0 Å². The molecule has 2 N–H and O–H groups in total. The third-order valence-corrected chi connectivity index (χ3v) is 2.16. The second-order valence-electron chi connectivity index (χ2n) is 2.82. The maximum absolute atomic E-state index is 5.53. The van der Waals surface area contributed by atoms with Gasteiger partial charge in [-0.1, -0.05) is 0 Å². The number of rotatable bonds is 2. The first kappa shape index (κ1) is 6.05. The van der Waals surface area contributed by atoms with Gasteiger partial charge in [-0.15, -0.1) is 0 Å². The first-order chi connectivity index (χ1) is 3.71. The molecule has 1 aliphatic rings. The molecule has 48 valence electrons. The monoisotopic (exact) mass is 114 g/mol. The highest BCUT2D eigenvalue weighted by atomic mass is 15.2. The Morgan fingerprint density at radius 3 is 2.00 bits per heavy atom. The van der Waals surface area contributed by atoms with E-state index in [2.05, 4.69) is 19.0 Å². The molecule has 2 nitrogen and oxygen atoms in total. The lowest BCUT2D eigenvalue weighted by Crippen LogP contribution is -2.37. The molecule has 1 rings (SSSR count).